The maximum atomic E-state index is 12.3. The van der Waals surface area contributed by atoms with Crippen LogP contribution in [0.4, 0.5) is 5.69 Å². The van der Waals surface area contributed by atoms with Crippen LogP contribution in [0.15, 0.2) is 64.7 Å². The number of hydrogen-bond donors (Lipinski definition) is 1. The minimum Gasteiger partial charge on any atom is -0.493 e. The minimum absolute atomic E-state index is 0.123. The molecule has 0 aliphatic rings. The summed E-state index contributed by atoms with van der Waals surface area (Å²) in [7, 11) is 1.61. The number of amides is 1. The number of anilines is 1. The van der Waals surface area contributed by atoms with Crippen molar-refractivity contribution in [3.8, 4) is 11.5 Å². The SMILES string of the molecule is C=CCn1c(COc2ccc(C)cc2OC)nnc1SCC(=O)Nc1ccc(Br)cc1. The van der Waals surface area contributed by atoms with Crippen LogP contribution in [0, 0.1) is 6.92 Å². The predicted octanol–water partition coefficient (Wildman–Crippen LogP) is 4.85. The van der Waals surface area contributed by atoms with Crippen LogP contribution in [-0.4, -0.2) is 33.5 Å². The number of nitrogens with zero attached hydrogens (tertiary/aromatic N) is 3. The molecule has 0 spiro atoms. The predicted molar refractivity (Wildman–Crippen MR) is 126 cm³/mol. The van der Waals surface area contributed by atoms with Crippen molar-refractivity contribution in [3.63, 3.8) is 0 Å². The molecule has 0 radical (unpaired) electrons. The number of ether oxygens (including phenoxy) is 2. The van der Waals surface area contributed by atoms with Crippen LogP contribution in [0.5, 0.6) is 11.5 Å². The Balaban J connectivity index is 1.63. The number of hydrogen-bond acceptors (Lipinski definition) is 6. The van der Waals surface area contributed by atoms with E-state index in [4.69, 9.17) is 9.47 Å². The second kappa shape index (κ2) is 11.0. The summed E-state index contributed by atoms with van der Waals surface area (Å²) in [5.41, 5.74) is 1.82. The number of aryl methyl sites for hydroxylation is 1. The molecule has 2 aromatic carbocycles. The first-order valence-corrected chi connectivity index (χ1v) is 11.3. The van der Waals surface area contributed by atoms with Gasteiger partial charge in [-0.3, -0.25) is 9.36 Å². The highest BCUT2D eigenvalue weighted by atomic mass is 79.9. The van der Waals surface area contributed by atoms with Gasteiger partial charge in [0.25, 0.3) is 0 Å². The highest BCUT2D eigenvalue weighted by molar-refractivity contribution is 9.10. The largest absolute Gasteiger partial charge is 0.493 e. The van der Waals surface area contributed by atoms with Crippen molar-refractivity contribution in [1.82, 2.24) is 14.8 Å². The molecule has 1 amide bonds. The Morgan fingerprint density at radius 3 is 2.71 bits per heavy atom. The Kier molecular flexibility index (Phi) is 8.13. The van der Waals surface area contributed by atoms with Gasteiger partial charge in [0.05, 0.1) is 12.9 Å². The van der Waals surface area contributed by atoms with E-state index in [1.54, 1.807) is 13.2 Å². The molecule has 0 saturated heterocycles. The van der Waals surface area contributed by atoms with Crippen LogP contribution in [0.2, 0.25) is 0 Å². The number of allylic oxidation sites excluding steroid dienone is 1. The summed E-state index contributed by atoms with van der Waals surface area (Å²) in [6.07, 6.45) is 1.76. The summed E-state index contributed by atoms with van der Waals surface area (Å²) in [5.74, 6) is 2.01. The molecule has 0 fully saturated rings. The Morgan fingerprint density at radius 1 is 1.23 bits per heavy atom. The Labute approximate surface area is 194 Å². The second-order valence-electron chi connectivity index (χ2n) is 6.58. The third kappa shape index (κ3) is 6.35. The van der Waals surface area contributed by atoms with E-state index < -0.39 is 0 Å². The Bertz CT molecular complexity index is 1050. The Morgan fingerprint density at radius 2 is 2.00 bits per heavy atom. The summed E-state index contributed by atoms with van der Waals surface area (Å²) in [4.78, 5) is 12.3. The molecular formula is C22H23BrN4O3S. The molecule has 31 heavy (non-hydrogen) atoms. The molecule has 162 valence electrons. The van der Waals surface area contributed by atoms with Gasteiger partial charge in [-0.25, -0.2) is 0 Å². The van der Waals surface area contributed by atoms with E-state index in [0.29, 0.717) is 29.0 Å². The molecule has 0 bridgehead atoms. The van der Waals surface area contributed by atoms with Gasteiger partial charge in [-0.1, -0.05) is 39.8 Å². The lowest BCUT2D eigenvalue weighted by molar-refractivity contribution is -0.113. The van der Waals surface area contributed by atoms with Gasteiger partial charge in [-0.05, 0) is 48.9 Å². The average Bonchev–Trinajstić information content (AvgIpc) is 3.14. The van der Waals surface area contributed by atoms with Gasteiger partial charge in [-0.15, -0.1) is 16.8 Å². The monoisotopic (exact) mass is 502 g/mol. The third-order valence-corrected chi connectivity index (χ3v) is 5.74. The lowest BCUT2D eigenvalue weighted by atomic mass is 10.2. The van der Waals surface area contributed by atoms with E-state index in [-0.39, 0.29) is 18.3 Å². The zero-order chi connectivity index (χ0) is 22.2. The van der Waals surface area contributed by atoms with E-state index in [9.17, 15) is 4.79 Å². The molecule has 0 unspecified atom stereocenters. The van der Waals surface area contributed by atoms with Gasteiger partial charge in [0, 0.05) is 16.7 Å². The van der Waals surface area contributed by atoms with Crippen molar-refractivity contribution >= 4 is 39.3 Å². The molecule has 0 aliphatic carbocycles. The quantitative estimate of drug-likeness (QED) is 0.315. The van der Waals surface area contributed by atoms with E-state index in [1.165, 1.54) is 11.8 Å². The molecule has 7 nitrogen and oxygen atoms in total. The van der Waals surface area contributed by atoms with Gasteiger partial charge in [0.1, 0.15) is 6.61 Å². The molecule has 0 atom stereocenters. The van der Waals surface area contributed by atoms with Crippen molar-refractivity contribution in [2.24, 2.45) is 0 Å². The molecule has 1 N–H and O–H groups in total. The van der Waals surface area contributed by atoms with Crippen LogP contribution in [0.1, 0.15) is 11.4 Å². The maximum absolute atomic E-state index is 12.3. The second-order valence-corrected chi connectivity index (χ2v) is 8.44. The fraction of sp³-hybridized carbons (Fsp3) is 0.227. The normalized spacial score (nSPS) is 10.5. The highest BCUT2D eigenvalue weighted by Crippen LogP contribution is 2.29. The van der Waals surface area contributed by atoms with Crippen LogP contribution in [0.25, 0.3) is 0 Å². The summed E-state index contributed by atoms with van der Waals surface area (Å²) in [6, 6.07) is 13.2. The van der Waals surface area contributed by atoms with Gasteiger partial charge >= 0.3 is 0 Å². The number of halogens is 1. The fourth-order valence-electron chi connectivity index (χ4n) is 2.74. The fourth-order valence-corrected chi connectivity index (χ4v) is 3.77. The van der Waals surface area contributed by atoms with Gasteiger partial charge < -0.3 is 14.8 Å². The lowest BCUT2D eigenvalue weighted by Crippen LogP contribution is -2.15. The molecule has 3 rings (SSSR count). The van der Waals surface area contributed by atoms with Gasteiger partial charge in [-0.2, -0.15) is 0 Å². The first kappa shape index (κ1) is 22.9. The zero-order valence-corrected chi connectivity index (χ0v) is 19.7. The van der Waals surface area contributed by atoms with E-state index in [0.717, 1.165) is 15.7 Å². The number of benzene rings is 2. The molecule has 9 heteroatoms. The molecular weight excluding hydrogens is 480 g/mol. The molecule has 0 saturated carbocycles. The first-order chi connectivity index (χ1) is 15.0. The van der Waals surface area contributed by atoms with E-state index >= 15 is 0 Å². The summed E-state index contributed by atoms with van der Waals surface area (Å²) in [6.45, 7) is 6.51. The van der Waals surface area contributed by atoms with Crippen LogP contribution >= 0.6 is 27.7 Å². The molecule has 0 aliphatic heterocycles. The minimum atomic E-state index is -0.123. The van der Waals surface area contributed by atoms with E-state index in [1.807, 2.05) is 54.0 Å². The molecule has 3 aromatic rings. The number of nitrogens with one attached hydrogen (secondary N) is 1. The first-order valence-electron chi connectivity index (χ1n) is 9.48. The number of carbonyl (C=O) groups is 1. The number of thioether (sulfide) groups is 1. The number of carbonyl (C=O) groups excluding carboxylic acids is 1. The maximum Gasteiger partial charge on any atom is 0.234 e. The van der Waals surface area contributed by atoms with Crippen LogP contribution in [0.3, 0.4) is 0 Å². The molecule has 1 aromatic heterocycles. The number of rotatable bonds is 10. The summed E-state index contributed by atoms with van der Waals surface area (Å²) in [5, 5.41) is 12.0. The van der Waals surface area contributed by atoms with E-state index in [2.05, 4.69) is 38.0 Å². The highest BCUT2D eigenvalue weighted by Gasteiger charge is 2.15. The van der Waals surface area contributed by atoms with Gasteiger partial charge in [0.2, 0.25) is 5.91 Å². The molecule has 1 heterocycles. The van der Waals surface area contributed by atoms with Crippen molar-refractivity contribution in [3.05, 3.63) is 71.0 Å². The number of aromatic nitrogens is 3. The third-order valence-electron chi connectivity index (χ3n) is 4.24. The van der Waals surface area contributed by atoms with Crippen molar-refractivity contribution in [2.75, 3.05) is 18.2 Å². The smallest absolute Gasteiger partial charge is 0.234 e. The average molecular weight is 503 g/mol. The lowest BCUT2D eigenvalue weighted by Gasteiger charge is -2.12. The van der Waals surface area contributed by atoms with Crippen molar-refractivity contribution in [2.45, 2.75) is 25.2 Å². The van der Waals surface area contributed by atoms with Crippen molar-refractivity contribution < 1.29 is 14.3 Å². The number of methoxy groups -OCH3 is 1. The van der Waals surface area contributed by atoms with Crippen LogP contribution in [-0.2, 0) is 17.9 Å². The standard InChI is InChI=1S/C22H23BrN4O3S/c1-4-11-27-20(13-30-18-10-5-15(2)12-19(18)29-3)25-26-22(27)31-14-21(28)24-17-8-6-16(23)7-9-17/h4-10,12H,1,11,13-14H2,2-3H3,(H,24,28). The van der Waals surface area contributed by atoms with Crippen LogP contribution < -0.4 is 14.8 Å². The summed E-state index contributed by atoms with van der Waals surface area (Å²) >= 11 is 4.69. The topological polar surface area (TPSA) is 78.3 Å². The van der Waals surface area contributed by atoms with Gasteiger partial charge in [0.15, 0.2) is 22.5 Å². The Hall–Kier alpha value is -2.78. The summed E-state index contributed by atoms with van der Waals surface area (Å²) < 4.78 is 14.1. The zero-order valence-electron chi connectivity index (χ0n) is 17.3. The van der Waals surface area contributed by atoms with Crippen molar-refractivity contribution in [1.29, 1.82) is 0 Å².